The van der Waals surface area contributed by atoms with Crippen molar-refractivity contribution >= 4 is 21.6 Å². The molecule has 2 fully saturated rings. The smallest absolute Gasteiger partial charge is 0.212 e. The second kappa shape index (κ2) is 6.10. The fraction of sp³-hybridized carbons (Fsp3) is 1.00. The Morgan fingerprint density at radius 2 is 1.56 bits per heavy atom. The van der Waals surface area contributed by atoms with E-state index in [4.69, 9.17) is 11.6 Å². The Morgan fingerprint density at radius 3 is 2.11 bits per heavy atom. The van der Waals surface area contributed by atoms with Gasteiger partial charge in [-0.1, -0.05) is 38.5 Å². The predicted molar refractivity (Wildman–Crippen MR) is 75.5 cm³/mol. The van der Waals surface area contributed by atoms with Crippen molar-refractivity contribution in [1.82, 2.24) is 4.72 Å². The molecule has 0 amide bonds. The van der Waals surface area contributed by atoms with Crippen molar-refractivity contribution < 1.29 is 8.42 Å². The van der Waals surface area contributed by atoms with Crippen LogP contribution in [0, 0.1) is 0 Å². The van der Waals surface area contributed by atoms with Crippen LogP contribution in [0.2, 0.25) is 0 Å². The van der Waals surface area contributed by atoms with Crippen LogP contribution < -0.4 is 4.72 Å². The van der Waals surface area contributed by atoms with Crippen molar-refractivity contribution in [3.05, 3.63) is 0 Å². The van der Waals surface area contributed by atoms with Gasteiger partial charge in [-0.15, -0.1) is 11.6 Å². The minimum absolute atomic E-state index is 0.187. The third-order valence-electron chi connectivity index (χ3n) is 4.42. The van der Waals surface area contributed by atoms with Crippen LogP contribution in [0.25, 0.3) is 0 Å². The summed E-state index contributed by atoms with van der Waals surface area (Å²) in [6, 6.07) is 0. The first kappa shape index (κ1) is 14.6. The molecule has 0 spiro atoms. The van der Waals surface area contributed by atoms with Gasteiger partial charge in [-0.25, -0.2) is 13.1 Å². The first-order valence-corrected chi connectivity index (χ1v) is 9.25. The summed E-state index contributed by atoms with van der Waals surface area (Å²) in [5, 5.41) is -0.187. The Hall–Kier alpha value is 0.200. The number of hydrogen-bond donors (Lipinski definition) is 1. The first-order chi connectivity index (χ1) is 8.58. The highest BCUT2D eigenvalue weighted by Gasteiger charge is 2.38. The summed E-state index contributed by atoms with van der Waals surface area (Å²) >= 11 is 6.06. The summed E-state index contributed by atoms with van der Waals surface area (Å²) in [5.41, 5.74) is -0.365. The highest BCUT2D eigenvalue weighted by Crippen LogP contribution is 2.32. The van der Waals surface area contributed by atoms with E-state index in [0.717, 1.165) is 51.4 Å². The monoisotopic (exact) mass is 293 g/mol. The van der Waals surface area contributed by atoms with E-state index in [1.54, 1.807) is 0 Å². The maximum absolute atomic E-state index is 12.4. The van der Waals surface area contributed by atoms with Crippen LogP contribution in [-0.2, 0) is 10.0 Å². The van der Waals surface area contributed by atoms with Crippen molar-refractivity contribution in [2.45, 2.75) is 75.0 Å². The van der Waals surface area contributed by atoms with E-state index in [1.165, 1.54) is 12.8 Å². The van der Waals surface area contributed by atoms with Crippen molar-refractivity contribution in [2.24, 2.45) is 0 Å². The maximum Gasteiger partial charge on any atom is 0.215 e. The van der Waals surface area contributed by atoms with Gasteiger partial charge in [-0.3, -0.25) is 0 Å². The number of rotatable bonds is 4. The second-order valence-corrected chi connectivity index (χ2v) is 8.11. The van der Waals surface area contributed by atoms with E-state index in [0.29, 0.717) is 5.88 Å². The SMILES string of the molecule is O=S(=O)(NC1(CCl)CCCCC1)C1CCCCC1. The van der Waals surface area contributed by atoms with Crippen molar-refractivity contribution in [1.29, 1.82) is 0 Å². The lowest BCUT2D eigenvalue weighted by Crippen LogP contribution is -2.53. The Balaban J connectivity index is 2.05. The molecule has 0 aromatic rings. The number of sulfonamides is 1. The molecule has 18 heavy (non-hydrogen) atoms. The lowest BCUT2D eigenvalue weighted by Gasteiger charge is -2.37. The zero-order chi connectivity index (χ0) is 13.1. The van der Waals surface area contributed by atoms with Crippen molar-refractivity contribution in [2.75, 3.05) is 5.88 Å². The zero-order valence-electron chi connectivity index (χ0n) is 11.0. The molecule has 0 radical (unpaired) electrons. The summed E-state index contributed by atoms with van der Waals surface area (Å²) < 4.78 is 27.9. The fourth-order valence-corrected chi connectivity index (χ4v) is 5.67. The standard InChI is InChI=1S/C13H24ClNO2S/c14-11-13(9-5-2-6-10-13)15-18(16,17)12-7-3-1-4-8-12/h12,15H,1-11H2. The highest BCUT2D eigenvalue weighted by molar-refractivity contribution is 7.90. The van der Waals surface area contributed by atoms with Crippen LogP contribution in [0.1, 0.15) is 64.2 Å². The van der Waals surface area contributed by atoms with Crippen LogP contribution in [-0.4, -0.2) is 25.1 Å². The van der Waals surface area contributed by atoms with Gasteiger partial charge in [0.2, 0.25) is 10.0 Å². The third-order valence-corrected chi connectivity index (χ3v) is 6.99. The molecule has 2 saturated carbocycles. The van der Waals surface area contributed by atoms with Crippen molar-refractivity contribution in [3.8, 4) is 0 Å². The molecule has 0 bridgehead atoms. The van der Waals surface area contributed by atoms with E-state index in [2.05, 4.69) is 4.72 Å². The van der Waals surface area contributed by atoms with Gasteiger partial charge in [-0.05, 0) is 25.7 Å². The molecule has 5 heteroatoms. The molecule has 2 aliphatic rings. The summed E-state index contributed by atoms with van der Waals surface area (Å²) in [6.45, 7) is 0. The Kier molecular flexibility index (Phi) is 4.95. The largest absolute Gasteiger partial charge is 0.215 e. The number of alkyl halides is 1. The molecular formula is C13H24ClNO2S. The van der Waals surface area contributed by atoms with Crippen LogP contribution in [0.3, 0.4) is 0 Å². The number of hydrogen-bond acceptors (Lipinski definition) is 2. The summed E-state index contributed by atoms with van der Waals surface area (Å²) in [4.78, 5) is 0. The van der Waals surface area contributed by atoms with E-state index in [-0.39, 0.29) is 10.8 Å². The Labute approximate surface area is 116 Å². The number of nitrogens with one attached hydrogen (secondary N) is 1. The maximum atomic E-state index is 12.4. The van der Waals surface area contributed by atoms with Gasteiger partial charge in [0.25, 0.3) is 0 Å². The summed E-state index contributed by atoms with van der Waals surface area (Å²) in [6.07, 6.45) is 10.0. The molecule has 1 N–H and O–H groups in total. The van der Waals surface area contributed by atoms with Gasteiger partial charge >= 0.3 is 0 Å². The van der Waals surface area contributed by atoms with Gasteiger partial charge in [0, 0.05) is 11.4 Å². The van der Waals surface area contributed by atoms with E-state index < -0.39 is 10.0 Å². The van der Waals surface area contributed by atoms with Gasteiger partial charge in [0.15, 0.2) is 0 Å². The minimum Gasteiger partial charge on any atom is -0.212 e. The van der Waals surface area contributed by atoms with Crippen LogP contribution in [0.4, 0.5) is 0 Å². The quantitative estimate of drug-likeness (QED) is 0.809. The molecule has 106 valence electrons. The molecule has 0 heterocycles. The van der Waals surface area contributed by atoms with Crippen LogP contribution >= 0.6 is 11.6 Å². The molecule has 0 atom stereocenters. The van der Waals surface area contributed by atoms with Crippen LogP contribution in [0.15, 0.2) is 0 Å². The van der Waals surface area contributed by atoms with Crippen molar-refractivity contribution in [3.63, 3.8) is 0 Å². The molecule has 0 aromatic heterocycles. The second-order valence-electron chi connectivity index (χ2n) is 5.88. The van der Waals surface area contributed by atoms with Crippen LogP contribution in [0.5, 0.6) is 0 Å². The minimum atomic E-state index is -3.19. The molecular weight excluding hydrogens is 270 g/mol. The summed E-state index contributed by atoms with van der Waals surface area (Å²) in [7, 11) is -3.19. The van der Waals surface area contributed by atoms with E-state index in [1.807, 2.05) is 0 Å². The average molecular weight is 294 g/mol. The first-order valence-electron chi connectivity index (χ1n) is 7.17. The molecule has 2 rings (SSSR count). The van der Waals surface area contributed by atoms with Gasteiger partial charge < -0.3 is 0 Å². The lowest BCUT2D eigenvalue weighted by molar-refractivity contribution is 0.295. The normalized spacial score (nSPS) is 26.1. The molecule has 3 nitrogen and oxygen atoms in total. The topological polar surface area (TPSA) is 46.2 Å². The molecule has 0 saturated heterocycles. The molecule has 2 aliphatic carbocycles. The Bertz CT molecular complexity index is 357. The van der Waals surface area contributed by atoms with Gasteiger partial charge in [-0.2, -0.15) is 0 Å². The lowest BCUT2D eigenvalue weighted by atomic mass is 9.84. The van der Waals surface area contributed by atoms with E-state index >= 15 is 0 Å². The predicted octanol–water partition coefficient (Wildman–Crippen LogP) is 3.18. The number of halogens is 1. The fourth-order valence-electron chi connectivity index (χ4n) is 3.25. The van der Waals surface area contributed by atoms with Gasteiger partial charge in [0.1, 0.15) is 0 Å². The third kappa shape index (κ3) is 3.40. The average Bonchev–Trinajstić information content (AvgIpc) is 2.40. The molecule has 0 aromatic carbocycles. The Morgan fingerprint density at radius 1 is 1.00 bits per heavy atom. The van der Waals surface area contributed by atoms with E-state index in [9.17, 15) is 8.42 Å². The molecule has 0 unspecified atom stereocenters. The highest BCUT2D eigenvalue weighted by atomic mass is 35.5. The van der Waals surface area contributed by atoms with Gasteiger partial charge in [0.05, 0.1) is 5.25 Å². The zero-order valence-corrected chi connectivity index (χ0v) is 12.5. The molecule has 0 aliphatic heterocycles. The summed E-state index contributed by atoms with van der Waals surface area (Å²) in [5.74, 6) is 0.402.